The largest absolute Gasteiger partial charge is 0.393 e. The number of rotatable bonds is 1. The number of likely N-dealkylation sites (tertiary alicyclic amines) is 1. The van der Waals surface area contributed by atoms with Crippen molar-refractivity contribution in [1.82, 2.24) is 9.88 Å². The summed E-state index contributed by atoms with van der Waals surface area (Å²) in [5.41, 5.74) is -0.164. The number of carbonyl (C=O) groups is 1. The first-order valence-electron chi connectivity index (χ1n) is 5.86. The molecule has 0 radical (unpaired) electrons. The lowest BCUT2D eigenvalue weighted by Crippen LogP contribution is -2.44. The molecule has 0 bridgehead atoms. The molecule has 3 nitrogen and oxygen atoms in total. The van der Waals surface area contributed by atoms with Gasteiger partial charge >= 0.3 is 6.18 Å². The Hall–Kier alpha value is -1.66. The number of halogens is 4. The second kappa shape index (κ2) is 5.14. The zero-order valence-electron chi connectivity index (χ0n) is 9.95. The fourth-order valence-corrected chi connectivity index (χ4v) is 2.12. The summed E-state index contributed by atoms with van der Waals surface area (Å²) in [6, 6.07) is 3.68. The molecule has 1 amide bonds. The van der Waals surface area contributed by atoms with Crippen LogP contribution in [0.15, 0.2) is 18.2 Å². The molecule has 1 fully saturated rings. The zero-order chi connectivity index (χ0) is 14.0. The van der Waals surface area contributed by atoms with E-state index in [1.807, 2.05) is 0 Å². The summed E-state index contributed by atoms with van der Waals surface area (Å²) < 4.78 is 50.8. The quantitative estimate of drug-likeness (QED) is 0.583. The SMILES string of the molecule is O=C(c1cccc(F)n1)N1CCC[C@@H](C(F)(F)F)C1. The average molecular weight is 276 g/mol. The van der Waals surface area contributed by atoms with Crippen molar-refractivity contribution in [2.24, 2.45) is 5.92 Å². The summed E-state index contributed by atoms with van der Waals surface area (Å²) in [5, 5.41) is 0. The molecule has 0 saturated carbocycles. The van der Waals surface area contributed by atoms with E-state index in [0.29, 0.717) is 0 Å². The molecule has 1 atom stereocenters. The van der Waals surface area contributed by atoms with Gasteiger partial charge in [0.25, 0.3) is 5.91 Å². The number of aromatic nitrogens is 1. The van der Waals surface area contributed by atoms with E-state index >= 15 is 0 Å². The number of hydrogen-bond acceptors (Lipinski definition) is 2. The van der Waals surface area contributed by atoms with Crippen molar-refractivity contribution >= 4 is 5.91 Å². The second-order valence-corrected chi connectivity index (χ2v) is 4.48. The third-order valence-corrected chi connectivity index (χ3v) is 3.11. The van der Waals surface area contributed by atoms with Crippen LogP contribution in [0, 0.1) is 11.9 Å². The summed E-state index contributed by atoms with van der Waals surface area (Å²) in [4.78, 5) is 16.4. The van der Waals surface area contributed by atoms with Gasteiger partial charge in [0.1, 0.15) is 5.69 Å². The maximum atomic E-state index is 12.9. The van der Waals surface area contributed by atoms with E-state index in [0.717, 1.165) is 11.0 Å². The highest BCUT2D eigenvalue weighted by Gasteiger charge is 2.42. The first-order valence-corrected chi connectivity index (χ1v) is 5.86. The molecule has 0 N–H and O–H groups in total. The first-order chi connectivity index (χ1) is 8.88. The molecular formula is C12H12F4N2O. The minimum atomic E-state index is -4.31. The van der Waals surface area contributed by atoms with Gasteiger partial charge in [0.15, 0.2) is 0 Å². The van der Waals surface area contributed by atoms with E-state index < -0.39 is 23.9 Å². The van der Waals surface area contributed by atoms with Crippen LogP contribution in [0.1, 0.15) is 23.3 Å². The van der Waals surface area contributed by atoms with Gasteiger partial charge in [0.2, 0.25) is 5.95 Å². The third-order valence-electron chi connectivity index (χ3n) is 3.11. The highest BCUT2D eigenvalue weighted by Crippen LogP contribution is 2.33. The Kier molecular flexibility index (Phi) is 3.73. The molecule has 2 heterocycles. The molecule has 0 aromatic carbocycles. The Morgan fingerprint density at radius 1 is 1.37 bits per heavy atom. The lowest BCUT2D eigenvalue weighted by molar-refractivity contribution is -0.184. The number of alkyl halides is 3. The van der Waals surface area contributed by atoms with Crippen LogP contribution in [0.4, 0.5) is 17.6 Å². The maximum Gasteiger partial charge on any atom is 0.393 e. The van der Waals surface area contributed by atoms with Gasteiger partial charge in [-0.15, -0.1) is 0 Å². The van der Waals surface area contributed by atoms with Crippen LogP contribution in [0.2, 0.25) is 0 Å². The Morgan fingerprint density at radius 2 is 2.11 bits per heavy atom. The average Bonchev–Trinajstić information content (AvgIpc) is 2.37. The zero-order valence-corrected chi connectivity index (χ0v) is 9.95. The van der Waals surface area contributed by atoms with E-state index in [4.69, 9.17) is 0 Å². The van der Waals surface area contributed by atoms with Crippen LogP contribution in [-0.4, -0.2) is 35.1 Å². The molecule has 1 aromatic rings. The van der Waals surface area contributed by atoms with Crippen molar-refractivity contribution in [1.29, 1.82) is 0 Å². The van der Waals surface area contributed by atoms with E-state index in [1.165, 1.54) is 12.1 Å². The Morgan fingerprint density at radius 3 is 2.74 bits per heavy atom. The van der Waals surface area contributed by atoms with E-state index in [2.05, 4.69) is 4.98 Å². The van der Waals surface area contributed by atoms with Crippen molar-refractivity contribution in [3.05, 3.63) is 29.8 Å². The molecule has 1 aromatic heterocycles. The molecular weight excluding hydrogens is 264 g/mol. The van der Waals surface area contributed by atoms with Gasteiger partial charge < -0.3 is 4.90 Å². The topological polar surface area (TPSA) is 33.2 Å². The van der Waals surface area contributed by atoms with Crippen LogP contribution in [0.25, 0.3) is 0 Å². The number of carbonyl (C=O) groups excluding carboxylic acids is 1. The van der Waals surface area contributed by atoms with Gasteiger partial charge in [-0.1, -0.05) is 6.07 Å². The van der Waals surface area contributed by atoms with Crippen LogP contribution in [-0.2, 0) is 0 Å². The van der Waals surface area contributed by atoms with Gasteiger partial charge in [-0.05, 0) is 25.0 Å². The molecule has 1 aliphatic rings. The van der Waals surface area contributed by atoms with Crippen LogP contribution in [0.5, 0.6) is 0 Å². The van der Waals surface area contributed by atoms with Crippen molar-refractivity contribution in [2.75, 3.05) is 13.1 Å². The van der Waals surface area contributed by atoms with Crippen LogP contribution < -0.4 is 0 Å². The number of piperidine rings is 1. The second-order valence-electron chi connectivity index (χ2n) is 4.48. The summed E-state index contributed by atoms with van der Waals surface area (Å²) in [7, 11) is 0. The summed E-state index contributed by atoms with van der Waals surface area (Å²) in [6.07, 6.45) is -4.01. The molecule has 0 aliphatic carbocycles. The molecule has 0 spiro atoms. The molecule has 1 saturated heterocycles. The van der Waals surface area contributed by atoms with Crippen molar-refractivity contribution < 1.29 is 22.4 Å². The van der Waals surface area contributed by atoms with E-state index in [1.54, 1.807) is 0 Å². The predicted molar refractivity (Wildman–Crippen MR) is 58.9 cm³/mol. The smallest absolute Gasteiger partial charge is 0.337 e. The summed E-state index contributed by atoms with van der Waals surface area (Å²) in [6.45, 7) is -0.149. The monoisotopic (exact) mass is 276 g/mol. The molecule has 1 aliphatic heterocycles. The predicted octanol–water partition coefficient (Wildman–Crippen LogP) is 2.64. The molecule has 7 heteroatoms. The number of pyridine rings is 1. The van der Waals surface area contributed by atoms with Crippen LogP contribution >= 0.6 is 0 Å². The first kappa shape index (κ1) is 13.8. The molecule has 19 heavy (non-hydrogen) atoms. The lowest BCUT2D eigenvalue weighted by atomic mass is 9.97. The number of nitrogens with zero attached hydrogens (tertiary/aromatic N) is 2. The van der Waals surface area contributed by atoms with Gasteiger partial charge in [-0.25, -0.2) is 4.98 Å². The van der Waals surface area contributed by atoms with Crippen LogP contribution in [0.3, 0.4) is 0 Å². The van der Waals surface area contributed by atoms with Gasteiger partial charge in [-0.2, -0.15) is 17.6 Å². The van der Waals surface area contributed by atoms with E-state index in [-0.39, 0.29) is 31.6 Å². The Labute approximate surface area is 107 Å². The fraction of sp³-hybridized carbons (Fsp3) is 0.500. The Bertz CT molecular complexity index is 475. The van der Waals surface area contributed by atoms with Gasteiger partial charge in [0, 0.05) is 13.1 Å². The number of hydrogen-bond donors (Lipinski definition) is 0. The lowest BCUT2D eigenvalue weighted by Gasteiger charge is -2.33. The molecule has 0 unspecified atom stereocenters. The maximum absolute atomic E-state index is 12.9. The van der Waals surface area contributed by atoms with Gasteiger partial charge in [-0.3, -0.25) is 4.79 Å². The highest BCUT2D eigenvalue weighted by atomic mass is 19.4. The highest BCUT2D eigenvalue weighted by molar-refractivity contribution is 5.92. The fourth-order valence-electron chi connectivity index (χ4n) is 2.12. The Balaban J connectivity index is 2.11. The van der Waals surface area contributed by atoms with E-state index in [9.17, 15) is 22.4 Å². The standard InChI is InChI=1S/C12H12F4N2O/c13-10-5-1-4-9(17-10)11(19)18-6-2-3-8(7-18)12(14,15)16/h1,4-5,8H,2-3,6-7H2/t8-/m1/s1. The minimum Gasteiger partial charge on any atom is -0.337 e. The van der Waals surface area contributed by atoms with Crippen molar-refractivity contribution in [3.63, 3.8) is 0 Å². The van der Waals surface area contributed by atoms with Crippen molar-refractivity contribution in [3.8, 4) is 0 Å². The number of amides is 1. The molecule has 104 valence electrons. The summed E-state index contributed by atoms with van der Waals surface area (Å²) >= 11 is 0. The normalized spacial score (nSPS) is 20.4. The van der Waals surface area contributed by atoms with Gasteiger partial charge in [0.05, 0.1) is 5.92 Å². The van der Waals surface area contributed by atoms with Crippen molar-refractivity contribution in [2.45, 2.75) is 19.0 Å². The minimum absolute atomic E-state index is 0.0177. The third kappa shape index (κ3) is 3.21. The summed E-state index contributed by atoms with van der Waals surface area (Å²) in [5.74, 6) is -3.00. The molecule has 2 rings (SSSR count).